The summed E-state index contributed by atoms with van der Waals surface area (Å²) in [6, 6.07) is 3.21. The van der Waals surface area contributed by atoms with Crippen LogP contribution in [0.4, 0.5) is 5.13 Å². The van der Waals surface area contributed by atoms with Gasteiger partial charge in [0.1, 0.15) is 29.9 Å². The summed E-state index contributed by atoms with van der Waals surface area (Å²) in [5.41, 5.74) is 8.96. The van der Waals surface area contributed by atoms with E-state index in [0.717, 1.165) is 37.0 Å². The summed E-state index contributed by atoms with van der Waals surface area (Å²) in [7, 11) is -3.62. The number of thiazole rings is 1. The van der Waals surface area contributed by atoms with Crippen molar-refractivity contribution in [3.63, 3.8) is 0 Å². The van der Waals surface area contributed by atoms with E-state index in [4.69, 9.17) is 28.1 Å². The Labute approximate surface area is 242 Å². The van der Waals surface area contributed by atoms with Gasteiger partial charge in [0.15, 0.2) is 29.3 Å². The van der Waals surface area contributed by atoms with Crippen molar-refractivity contribution in [1.82, 2.24) is 15.2 Å². The molecule has 2 amide bonds. The number of pyridine rings is 1. The third-order valence-electron chi connectivity index (χ3n) is 6.45. The van der Waals surface area contributed by atoms with Crippen LogP contribution < -0.4 is 15.6 Å². The van der Waals surface area contributed by atoms with Gasteiger partial charge in [-0.1, -0.05) is 5.16 Å². The second kappa shape index (κ2) is 12.5. The Morgan fingerprint density at radius 3 is 2.71 bits per heavy atom. The minimum absolute atomic E-state index is 0.00628. The molecule has 2 aromatic heterocycles. The van der Waals surface area contributed by atoms with Gasteiger partial charge >= 0.3 is 5.97 Å². The van der Waals surface area contributed by atoms with Crippen molar-refractivity contribution in [3.05, 3.63) is 51.9 Å². The van der Waals surface area contributed by atoms with E-state index in [0.29, 0.717) is 17.9 Å². The first kappa shape index (κ1) is 30.4. The molecule has 3 aliphatic rings. The molecule has 0 bridgehead atoms. The summed E-state index contributed by atoms with van der Waals surface area (Å²) < 4.78 is 34.9. The standard InChI is InChI=1S/C23H24N6O5S2.H2O4S/c1-34-27-16(14-11-36-23(24)25-14)19(30)26-17-20(31)29-18(22(32)33)13(10-35-21(17)29)9-28-8-4-6-12-5-2-3-7-15(12)28;1-5(2,3)4/h4,6,8,11,17,21H,2-3,5,7,9-10H2,1H3,(H3-,24,25,26,30,32,33);(H2,1,2,3,4)/b27-16-;/t17-,21-;/m1./s1. The van der Waals surface area contributed by atoms with Crippen LogP contribution in [0.5, 0.6) is 0 Å². The van der Waals surface area contributed by atoms with Crippen LogP contribution in [-0.2, 0) is 49.0 Å². The SMILES string of the molecule is CO/N=C(\C(=O)N[C@@H]1C(=O)N2C(C(=O)O)=C(C[n+]3cccc4c3CCCC4)CS[C@H]12)c1csc(N)n1.O=S(=O)([O-])O. The molecule has 15 nitrogen and oxygen atoms in total. The minimum atomic E-state index is -4.92. The number of hydrogen-bond acceptors (Lipinski definition) is 12. The molecule has 0 aromatic carbocycles. The molecule has 1 fully saturated rings. The van der Waals surface area contributed by atoms with Crippen LogP contribution in [0.25, 0.3) is 0 Å². The summed E-state index contributed by atoms with van der Waals surface area (Å²) >= 11 is 2.57. The molecule has 1 saturated heterocycles. The van der Waals surface area contributed by atoms with Crippen molar-refractivity contribution < 1.29 is 46.4 Å². The fraction of sp³-hybridized carbons (Fsp3) is 0.391. The number of rotatable bonds is 7. The highest BCUT2D eigenvalue weighted by atomic mass is 32.3. The molecule has 1 aliphatic carbocycles. The van der Waals surface area contributed by atoms with Crippen molar-refractivity contribution >= 4 is 62.1 Å². The second-order valence-corrected chi connectivity index (χ2v) is 11.9. The molecule has 0 unspecified atom stereocenters. The highest BCUT2D eigenvalue weighted by molar-refractivity contribution is 8.00. The largest absolute Gasteiger partial charge is 0.726 e. The number of anilines is 1. The predicted molar refractivity (Wildman–Crippen MR) is 145 cm³/mol. The Hall–Kier alpha value is -3.58. The molecule has 0 radical (unpaired) electrons. The normalized spacial score (nSPS) is 20.2. The quantitative estimate of drug-likeness (QED) is 0.0774. The van der Waals surface area contributed by atoms with Crippen LogP contribution in [0.2, 0.25) is 0 Å². The molecular weight excluding hydrogens is 600 g/mol. The first-order valence-corrected chi connectivity index (χ1v) is 15.4. The van der Waals surface area contributed by atoms with Gasteiger partial charge in [0.05, 0.1) is 0 Å². The molecule has 220 valence electrons. The van der Waals surface area contributed by atoms with Gasteiger partial charge in [-0.3, -0.25) is 19.0 Å². The number of aryl methyl sites for hydroxylation is 1. The highest BCUT2D eigenvalue weighted by Crippen LogP contribution is 2.40. The molecule has 4 heterocycles. The van der Waals surface area contributed by atoms with E-state index in [1.807, 2.05) is 12.3 Å². The van der Waals surface area contributed by atoms with E-state index >= 15 is 0 Å². The van der Waals surface area contributed by atoms with Gasteiger partial charge in [0.25, 0.3) is 11.8 Å². The molecule has 5 N–H and O–H groups in total. The maximum atomic E-state index is 13.1. The van der Waals surface area contributed by atoms with Gasteiger partial charge in [-0.2, -0.15) is 4.57 Å². The van der Waals surface area contributed by atoms with Crippen LogP contribution in [0.15, 0.2) is 40.1 Å². The van der Waals surface area contributed by atoms with Gasteiger partial charge < -0.3 is 25.5 Å². The van der Waals surface area contributed by atoms with Crippen molar-refractivity contribution in [2.75, 3.05) is 18.6 Å². The van der Waals surface area contributed by atoms with Crippen molar-refractivity contribution in [3.8, 4) is 0 Å². The van der Waals surface area contributed by atoms with Crippen molar-refractivity contribution in [1.29, 1.82) is 0 Å². The predicted octanol–water partition coefficient (Wildman–Crippen LogP) is -0.314. The van der Waals surface area contributed by atoms with E-state index in [1.165, 1.54) is 35.0 Å². The zero-order valence-electron chi connectivity index (χ0n) is 21.5. The van der Waals surface area contributed by atoms with Gasteiger partial charge in [-0.25, -0.2) is 18.2 Å². The molecule has 2 aliphatic heterocycles. The topological polar surface area (TPSA) is 229 Å². The fourth-order valence-corrected chi connectivity index (χ4v) is 6.72. The van der Waals surface area contributed by atoms with Crippen LogP contribution in [0.1, 0.15) is 29.8 Å². The number of aromatic nitrogens is 2. The first-order chi connectivity index (χ1) is 19.4. The zero-order chi connectivity index (χ0) is 29.9. The minimum Gasteiger partial charge on any atom is -0.726 e. The van der Waals surface area contributed by atoms with Crippen LogP contribution in [0.3, 0.4) is 0 Å². The maximum Gasteiger partial charge on any atom is 0.352 e. The fourth-order valence-electron chi connectivity index (χ4n) is 4.83. The number of nitrogens with one attached hydrogen (secondary N) is 1. The third-order valence-corrected chi connectivity index (χ3v) is 8.46. The van der Waals surface area contributed by atoms with E-state index in [1.54, 1.807) is 5.38 Å². The number of carboxylic acids is 1. The average Bonchev–Trinajstić information content (AvgIpc) is 3.34. The van der Waals surface area contributed by atoms with Crippen LogP contribution >= 0.6 is 23.1 Å². The number of fused-ring (bicyclic) bond motifs is 2. The maximum absolute atomic E-state index is 13.1. The molecular formula is C23H26N6O9S3. The number of thioether (sulfide) groups is 1. The van der Waals surface area contributed by atoms with E-state index in [9.17, 15) is 19.5 Å². The Bertz CT molecular complexity index is 1530. The summed E-state index contributed by atoms with van der Waals surface area (Å²) in [5.74, 6) is -1.86. The lowest BCUT2D eigenvalue weighted by Gasteiger charge is -2.49. The monoisotopic (exact) mass is 626 g/mol. The van der Waals surface area contributed by atoms with Crippen molar-refractivity contribution in [2.24, 2.45) is 5.16 Å². The van der Waals surface area contributed by atoms with E-state index in [2.05, 4.69) is 26.1 Å². The molecule has 5 rings (SSSR count). The summed E-state index contributed by atoms with van der Waals surface area (Å²) in [4.78, 5) is 48.4. The number of carboxylic acid groups (broad SMARTS) is 1. The van der Waals surface area contributed by atoms with E-state index < -0.39 is 39.6 Å². The Balaban J connectivity index is 0.000000714. The second-order valence-electron chi connectivity index (χ2n) is 9.05. The average molecular weight is 627 g/mol. The zero-order valence-corrected chi connectivity index (χ0v) is 24.0. The number of nitrogens with zero attached hydrogens (tertiary/aromatic N) is 4. The molecule has 2 atom stereocenters. The Morgan fingerprint density at radius 2 is 2.07 bits per heavy atom. The smallest absolute Gasteiger partial charge is 0.352 e. The summed E-state index contributed by atoms with van der Waals surface area (Å²) in [5, 5.41) is 17.7. The molecule has 0 saturated carbocycles. The number of amides is 2. The van der Waals surface area contributed by atoms with Crippen LogP contribution in [-0.4, -0.2) is 80.3 Å². The van der Waals surface area contributed by atoms with Gasteiger partial charge in [0.2, 0.25) is 10.4 Å². The number of carbonyl (C=O) groups is 3. The number of nitrogens with two attached hydrogens (primary N) is 1. The lowest BCUT2D eigenvalue weighted by molar-refractivity contribution is -0.697. The number of hydrogen-bond donors (Lipinski definition) is 4. The van der Waals surface area contributed by atoms with Gasteiger partial charge in [0, 0.05) is 34.8 Å². The molecule has 2 aromatic rings. The van der Waals surface area contributed by atoms with Crippen LogP contribution in [0, 0.1) is 0 Å². The number of β-lactam (4-membered cyclic amide) rings is 1. The summed E-state index contributed by atoms with van der Waals surface area (Å²) in [6.45, 7) is 0.404. The Kier molecular flexibility index (Phi) is 9.27. The highest BCUT2D eigenvalue weighted by Gasteiger charge is 2.55. The third kappa shape index (κ3) is 7.02. The summed E-state index contributed by atoms with van der Waals surface area (Å²) in [6.07, 6.45) is 6.20. The lowest BCUT2D eigenvalue weighted by atomic mass is 9.95. The van der Waals surface area contributed by atoms with Crippen molar-refractivity contribution in [2.45, 2.75) is 43.6 Å². The van der Waals surface area contributed by atoms with Gasteiger partial charge in [-0.05, 0) is 25.3 Å². The molecule has 18 heteroatoms. The number of oxime groups is 1. The number of aliphatic carboxylic acids is 1. The van der Waals surface area contributed by atoms with Gasteiger partial charge in [-0.15, -0.1) is 23.1 Å². The van der Waals surface area contributed by atoms with E-state index in [-0.39, 0.29) is 22.2 Å². The number of nitrogen functional groups attached to an aromatic ring is 1. The molecule has 41 heavy (non-hydrogen) atoms. The Morgan fingerprint density at radius 1 is 1.37 bits per heavy atom. The first-order valence-electron chi connectivity index (χ1n) is 12.1. The molecule has 0 spiro atoms. The number of carbonyl (C=O) groups excluding carboxylic acids is 2. The lowest BCUT2D eigenvalue weighted by Crippen LogP contribution is -2.71.